The molecule has 11 heteroatoms. The second kappa shape index (κ2) is 10.2. The number of rotatable bonds is 6. The van der Waals surface area contributed by atoms with E-state index < -0.39 is 17.6 Å². The lowest BCUT2D eigenvalue weighted by Crippen LogP contribution is -2.59. The number of hydrogen-bond acceptors (Lipinski definition) is 6. The highest BCUT2D eigenvalue weighted by molar-refractivity contribution is 7.09. The average Bonchev–Trinajstić information content (AvgIpc) is 3.73. The number of amides is 2. The maximum Gasteiger partial charge on any atom is 0.416 e. The second-order valence-electron chi connectivity index (χ2n) is 13.2. The van der Waals surface area contributed by atoms with E-state index in [1.54, 1.807) is 22.5 Å². The minimum Gasteiger partial charge on any atom is -0.338 e. The molecule has 230 valence electrons. The molecule has 2 saturated heterocycles. The Morgan fingerprint density at radius 3 is 2.61 bits per heavy atom. The van der Waals surface area contributed by atoms with E-state index in [0.29, 0.717) is 36.8 Å². The highest BCUT2D eigenvalue weighted by atomic mass is 32.1. The molecule has 0 radical (unpaired) electrons. The number of nitrogens with zero attached hydrogens (tertiary/aromatic N) is 5. The number of alkyl halides is 3. The SMILES string of the molecule is C=CC(=O)N1CC2(CCN(C(C)c3cc4c(c(C(F)(F)F)c3)CN(c3cccc(C5(c6nncs6)CC(C)C5)c3)C4=O)C2)C1. The maximum atomic E-state index is 14.5. The zero-order valence-corrected chi connectivity index (χ0v) is 25.5. The number of benzene rings is 2. The van der Waals surface area contributed by atoms with Gasteiger partial charge in [0.05, 0.1) is 12.1 Å². The summed E-state index contributed by atoms with van der Waals surface area (Å²) in [5.74, 6) is -0.000722. The molecular formula is C33H34F3N5O2S. The number of likely N-dealkylation sites (tertiary alicyclic amines) is 2. The molecule has 44 heavy (non-hydrogen) atoms. The molecule has 1 atom stereocenters. The first-order valence-electron chi connectivity index (χ1n) is 15.0. The van der Waals surface area contributed by atoms with Crippen molar-refractivity contribution in [3.63, 3.8) is 0 Å². The van der Waals surface area contributed by atoms with Crippen LogP contribution in [-0.4, -0.2) is 58.0 Å². The highest BCUT2D eigenvalue weighted by Crippen LogP contribution is 2.53. The third kappa shape index (κ3) is 4.58. The normalized spacial score (nSPS) is 25.1. The fraction of sp³-hybridized carbons (Fsp3) is 0.455. The molecule has 3 aliphatic heterocycles. The molecule has 0 bridgehead atoms. The van der Waals surface area contributed by atoms with Gasteiger partial charge in [0, 0.05) is 47.8 Å². The minimum absolute atomic E-state index is 0.0235. The van der Waals surface area contributed by atoms with Crippen molar-refractivity contribution in [2.45, 2.75) is 57.3 Å². The lowest BCUT2D eigenvalue weighted by Gasteiger charge is -2.48. The van der Waals surface area contributed by atoms with Gasteiger partial charge in [0.15, 0.2) is 0 Å². The van der Waals surface area contributed by atoms with Gasteiger partial charge in [-0.25, -0.2) is 0 Å². The maximum absolute atomic E-state index is 14.5. The Morgan fingerprint density at radius 2 is 1.95 bits per heavy atom. The van der Waals surface area contributed by atoms with Gasteiger partial charge in [-0.05, 0) is 85.7 Å². The third-order valence-electron chi connectivity index (χ3n) is 10.3. The summed E-state index contributed by atoms with van der Waals surface area (Å²) >= 11 is 1.50. The van der Waals surface area contributed by atoms with Crippen LogP contribution >= 0.6 is 11.3 Å². The van der Waals surface area contributed by atoms with Gasteiger partial charge in [0.25, 0.3) is 5.91 Å². The molecule has 2 aromatic carbocycles. The van der Waals surface area contributed by atoms with Gasteiger partial charge in [-0.1, -0.05) is 25.6 Å². The van der Waals surface area contributed by atoms with Crippen LogP contribution in [0.1, 0.15) is 76.8 Å². The van der Waals surface area contributed by atoms with Crippen LogP contribution < -0.4 is 4.90 Å². The molecular weight excluding hydrogens is 587 g/mol. The fourth-order valence-corrected chi connectivity index (χ4v) is 8.77. The van der Waals surface area contributed by atoms with E-state index in [0.717, 1.165) is 36.4 Å². The minimum atomic E-state index is -4.60. The first-order chi connectivity index (χ1) is 20.9. The summed E-state index contributed by atoms with van der Waals surface area (Å²) in [7, 11) is 0. The molecule has 1 aromatic heterocycles. The Labute approximate surface area is 258 Å². The van der Waals surface area contributed by atoms with Gasteiger partial charge in [-0.15, -0.1) is 21.5 Å². The molecule has 4 heterocycles. The van der Waals surface area contributed by atoms with E-state index in [4.69, 9.17) is 0 Å². The first-order valence-corrected chi connectivity index (χ1v) is 15.9. The van der Waals surface area contributed by atoms with Gasteiger partial charge < -0.3 is 9.80 Å². The van der Waals surface area contributed by atoms with E-state index in [-0.39, 0.29) is 40.5 Å². The smallest absolute Gasteiger partial charge is 0.338 e. The molecule has 1 saturated carbocycles. The zero-order chi connectivity index (χ0) is 31.0. The van der Waals surface area contributed by atoms with Gasteiger partial charge in [-0.2, -0.15) is 13.2 Å². The van der Waals surface area contributed by atoms with E-state index in [9.17, 15) is 22.8 Å². The largest absolute Gasteiger partial charge is 0.416 e. The van der Waals surface area contributed by atoms with Crippen LogP contribution in [0.5, 0.6) is 0 Å². The average molecular weight is 622 g/mol. The summed E-state index contributed by atoms with van der Waals surface area (Å²) < 4.78 is 43.6. The van der Waals surface area contributed by atoms with E-state index in [1.165, 1.54) is 28.4 Å². The van der Waals surface area contributed by atoms with Crippen molar-refractivity contribution >= 4 is 28.8 Å². The highest BCUT2D eigenvalue weighted by Gasteiger charge is 2.50. The molecule has 3 aromatic rings. The molecule has 0 N–H and O–H groups in total. The molecule has 2 amide bonds. The van der Waals surface area contributed by atoms with Crippen LogP contribution in [0.3, 0.4) is 0 Å². The lowest BCUT2D eigenvalue weighted by atomic mass is 9.59. The predicted octanol–water partition coefficient (Wildman–Crippen LogP) is 6.21. The van der Waals surface area contributed by atoms with Crippen LogP contribution in [-0.2, 0) is 22.9 Å². The number of halogens is 3. The topological polar surface area (TPSA) is 69.6 Å². The van der Waals surface area contributed by atoms with Crippen molar-refractivity contribution in [3.05, 3.63) is 87.4 Å². The summed E-state index contributed by atoms with van der Waals surface area (Å²) in [6.07, 6.45) is -0.616. The summed E-state index contributed by atoms with van der Waals surface area (Å²) in [6, 6.07) is 10.2. The van der Waals surface area contributed by atoms with Crippen LogP contribution in [0.15, 0.2) is 54.6 Å². The van der Waals surface area contributed by atoms with Gasteiger partial charge in [-0.3, -0.25) is 14.5 Å². The first kappa shape index (κ1) is 29.2. The van der Waals surface area contributed by atoms with E-state index >= 15 is 0 Å². The van der Waals surface area contributed by atoms with Crippen LogP contribution in [0.4, 0.5) is 18.9 Å². The molecule has 1 aliphatic carbocycles. The van der Waals surface area contributed by atoms with Gasteiger partial charge >= 0.3 is 6.18 Å². The van der Waals surface area contributed by atoms with Crippen molar-refractivity contribution in [1.29, 1.82) is 0 Å². The Kier molecular flexibility index (Phi) is 6.78. The van der Waals surface area contributed by atoms with Gasteiger partial charge in [0.1, 0.15) is 10.5 Å². The molecule has 7 nitrogen and oxygen atoms in total. The number of carbonyl (C=O) groups is 2. The zero-order valence-electron chi connectivity index (χ0n) is 24.7. The van der Waals surface area contributed by atoms with Crippen LogP contribution in [0, 0.1) is 11.3 Å². The molecule has 3 fully saturated rings. The van der Waals surface area contributed by atoms with Crippen molar-refractivity contribution < 1.29 is 22.8 Å². The lowest BCUT2D eigenvalue weighted by molar-refractivity contribution is -0.138. The van der Waals surface area contributed by atoms with E-state index in [2.05, 4.69) is 28.6 Å². The van der Waals surface area contributed by atoms with Crippen molar-refractivity contribution in [2.24, 2.45) is 11.3 Å². The summed E-state index contributed by atoms with van der Waals surface area (Å²) in [4.78, 5) is 31.2. The third-order valence-corrected chi connectivity index (χ3v) is 11.2. The molecule has 1 spiro atoms. The number of aromatic nitrogens is 2. The second-order valence-corrected chi connectivity index (χ2v) is 14.0. The molecule has 1 unspecified atom stereocenters. The van der Waals surface area contributed by atoms with Gasteiger partial charge in [0.2, 0.25) is 5.91 Å². The summed E-state index contributed by atoms with van der Waals surface area (Å²) in [5, 5.41) is 9.34. The van der Waals surface area contributed by atoms with Crippen LogP contribution in [0.2, 0.25) is 0 Å². The summed E-state index contributed by atoms with van der Waals surface area (Å²) in [5.41, 5.74) is 2.84. The standard InChI is InChI=1S/C33H34F3N5O2S/c1-4-28(42)40-17-31(18-40)8-9-39(16-31)21(3)22-10-25-26(27(11-22)33(34,35)36)15-41(29(25)43)24-7-5-6-23(12-24)32(13-20(2)14-32)30-38-37-19-44-30/h4-7,10-12,19-21H,1,8-9,13-18H2,2-3H3. The van der Waals surface area contributed by atoms with Crippen molar-refractivity contribution in [3.8, 4) is 0 Å². The predicted molar refractivity (Wildman–Crippen MR) is 161 cm³/mol. The van der Waals surface area contributed by atoms with Crippen molar-refractivity contribution in [1.82, 2.24) is 20.0 Å². The Hall–Kier alpha value is -3.57. The van der Waals surface area contributed by atoms with E-state index in [1.807, 2.05) is 25.1 Å². The number of fused-ring (bicyclic) bond motifs is 1. The number of hydrogen-bond donors (Lipinski definition) is 0. The summed E-state index contributed by atoms with van der Waals surface area (Å²) in [6.45, 7) is 10.2. The Bertz CT molecular complexity index is 1640. The number of carbonyl (C=O) groups excluding carboxylic acids is 2. The quantitative estimate of drug-likeness (QED) is 0.306. The van der Waals surface area contributed by atoms with Crippen LogP contribution in [0.25, 0.3) is 0 Å². The molecule has 4 aliphatic rings. The Morgan fingerprint density at radius 1 is 1.18 bits per heavy atom. The molecule has 7 rings (SSSR count). The monoisotopic (exact) mass is 621 g/mol. The Balaban J connectivity index is 1.17. The van der Waals surface area contributed by atoms with Crippen molar-refractivity contribution in [2.75, 3.05) is 31.1 Å². The number of anilines is 1. The fourth-order valence-electron chi connectivity index (χ4n) is 7.97.